The summed E-state index contributed by atoms with van der Waals surface area (Å²) in [4.78, 5) is 22.1. The van der Waals surface area contributed by atoms with Gasteiger partial charge in [-0.2, -0.15) is 0 Å². The Kier molecular flexibility index (Phi) is 5.72. The monoisotopic (exact) mass is 294 g/mol. The average Bonchev–Trinajstić information content (AvgIpc) is 2.27. The number of nitrogens with one attached hydrogen (secondary N) is 1. The lowest BCUT2D eigenvalue weighted by Gasteiger charge is -2.19. The average molecular weight is 294 g/mol. The number of amides is 1. The van der Waals surface area contributed by atoms with Crippen LogP contribution in [0.15, 0.2) is 24.3 Å². The van der Waals surface area contributed by atoms with E-state index in [1.54, 1.807) is 45.0 Å². The van der Waals surface area contributed by atoms with Crippen molar-refractivity contribution in [2.24, 2.45) is 5.73 Å². The smallest absolute Gasteiger partial charge is 0.412 e. The van der Waals surface area contributed by atoms with Crippen molar-refractivity contribution < 1.29 is 19.4 Å². The van der Waals surface area contributed by atoms with Crippen molar-refractivity contribution in [1.29, 1.82) is 0 Å². The van der Waals surface area contributed by atoms with Crippen LogP contribution in [0.5, 0.6) is 0 Å². The molecular weight excluding hydrogens is 272 g/mol. The van der Waals surface area contributed by atoms with E-state index in [9.17, 15) is 9.59 Å². The summed E-state index contributed by atoms with van der Waals surface area (Å²) in [5.74, 6) is -0.911. The van der Waals surface area contributed by atoms with Crippen LogP contribution in [-0.2, 0) is 16.0 Å². The Balaban J connectivity index is 2.54. The number of hydrogen-bond acceptors (Lipinski definition) is 4. The fourth-order valence-electron chi connectivity index (χ4n) is 1.74. The highest BCUT2D eigenvalue weighted by Gasteiger charge is 2.16. The van der Waals surface area contributed by atoms with Crippen molar-refractivity contribution in [2.75, 3.05) is 5.32 Å². The first-order valence-corrected chi connectivity index (χ1v) is 6.72. The van der Waals surface area contributed by atoms with E-state index in [1.807, 2.05) is 0 Å². The Bertz CT molecular complexity index is 491. The molecule has 1 aromatic rings. The lowest BCUT2D eigenvalue weighted by Crippen LogP contribution is -2.27. The maximum absolute atomic E-state index is 11.6. The van der Waals surface area contributed by atoms with E-state index in [0.29, 0.717) is 12.1 Å². The first-order chi connectivity index (χ1) is 9.65. The van der Waals surface area contributed by atoms with E-state index in [1.165, 1.54) is 0 Å². The molecule has 116 valence electrons. The second kappa shape index (κ2) is 7.08. The van der Waals surface area contributed by atoms with Gasteiger partial charge in [0.1, 0.15) is 5.60 Å². The van der Waals surface area contributed by atoms with E-state index in [-0.39, 0.29) is 6.42 Å². The zero-order valence-electron chi connectivity index (χ0n) is 12.6. The van der Waals surface area contributed by atoms with Crippen LogP contribution in [0.4, 0.5) is 10.5 Å². The number of anilines is 1. The van der Waals surface area contributed by atoms with E-state index in [0.717, 1.165) is 5.56 Å². The van der Waals surface area contributed by atoms with Gasteiger partial charge in [0.25, 0.3) is 0 Å². The van der Waals surface area contributed by atoms with Gasteiger partial charge in [-0.1, -0.05) is 12.1 Å². The minimum atomic E-state index is -0.911. The van der Waals surface area contributed by atoms with Crippen LogP contribution in [-0.4, -0.2) is 28.8 Å². The Hall–Kier alpha value is -2.08. The number of carboxylic acid groups (broad SMARTS) is 1. The molecular formula is C15H22N2O4. The van der Waals surface area contributed by atoms with Gasteiger partial charge in [0.2, 0.25) is 0 Å². The van der Waals surface area contributed by atoms with Crippen molar-refractivity contribution in [3.05, 3.63) is 29.8 Å². The first kappa shape index (κ1) is 17.0. The van der Waals surface area contributed by atoms with E-state index >= 15 is 0 Å². The maximum atomic E-state index is 11.6. The number of hydrogen-bond donors (Lipinski definition) is 3. The summed E-state index contributed by atoms with van der Waals surface area (Å²) < 4.78 is 5.14. The van der Waals surface area contributed by atoms with Gasteiger partial charge in [-0.05, 0) is 44.9 Å². The Morgan fingerprint density at radius 1 is 1.29 bits per heavy atom. The number of ether oxygens (including phenoxy) is 1. The number of carboxylic acids is 1. The van der Waals surface area contributed by atoms with Gasteiger partial charge >= 0.3 is 12.1 Å². The van der Waals surface area contributed by atoms with Crippen LogP contribution in [0.25, 0.3) is 0 Å². The molecule has 0 aromatic heterocycles. The molecule has 1 atom stereocenters. The number of carbonyl (C=O) groups is 2. The molecule has 1 rings (SSSR count). The highest BCUT2D eigenvalue weighted by Crippen LogP contribution is 2.14. The van der Waals surface area contributed by atoms with Crippen LogP contribution in [0, 0.1) is 0 Å². The van der Waals surface area contributed by atoms with E-state index in [4.69, 9.17) is 15.6 Å². The van der Waals surface area contributed by atoms with E-state index < -0.39 is 23.7 Å². The molecule has 0 aliphatic rings. The minimum absolute atomic E-state index is 0.0715. The number of benzene rings is 1. The molecule has 0 saturated heterocycles. The van der Waals surface area contributed by atoms with Crippen LogP contribution < -0.4 is 11.1 Å². The summed E-state index contributed by atoms with van der Waals surface area (Å²) in [5, 5.41) is 11.3. The predicted octanol–water partition coefficient (Wildman–Crippen LogP) is 2.38. The zero-order valence-corrected chi connectivity index (χ0v) is 12.6. The standard InChI is InChI=1S/C15H22N2O4/c1-15(2,3)21-14(20)17-12-6-4-10(5-7-12)8-11(16)9-13(18)19/h4-7,11H,8-9,16H2,1-3H3,(H,17,20)(H,18,19)/t11-/m1/s1. The minimum Gasteiger partial charge on any atom is -0.481 e. The largest absolute Gasteiger partial charge is 0.481 e. The third kappa shape index (κ3) is 7.31. The van der Waals surface area contributed by atoms with Gasteiger partial charge in [0.05, 0.1) is 6.42 Å². The van der Waals surface area contributed by atoms with Gasteiger partial charge < -0.3 is 15.6 Å². The molecule has 6 nitrogen and oxygen atoms in total. The molecule has 4 N–H and O–H groups in total. The Labute approximate surface area is 124 Å². The van der Waals surface area contributed by atoms with Gasteiger partial charge in [-0.15, -0.1) is 0 Å². The molecule has 21 heavy (non-hydrogen) atoms. The molecule has 0 aliphatic carbocycles. The summed E-state index contributed by atoms with van der Waals surface area (Å²) in [6.45, 7) is 5.37. The number of nitrogens with two attached hydrogens (primary N) is 1. The second-order valence-electron chi connectivity index (χ2n) is 5.89. The summed E-state index contributed by atoms with van der Waals surface area (Å²) in [6, 6.07) is 6.63. The summed E-state index contributed by atoms with van der Waals surface area (Å²) >= 11 is 0. The van der Waals surface area contributed by atoms with Gasteiger partial charge in [0, 0.05) is 11.7 Å². The summed E-state index contributed by atoms with van der Waals surface area (Å²) in [5.41, 5.74) is 6.70. The van der Waals surface area contributed by atoms with Crippen LogP contribution in [0.3, 0.4) is 0 Å². The normalized spacial score (nSPS) is 12.6. The van der Waals surface area contributed by atoms with Crippen LogP contribution in [0.1, 0.15) is 32.8 Å². The van der Waals surface area contributed by atoms with Crippen molar-refractivity contribution in [2.45, 2.75) is 45.3 Å². The highest BCUT2D eigenvalue weighted by atomic mass is 16.6. The van der Waals surface area contributed by atoms with Gasteiger partial charge in [-0.25, -0.2) is 4.79 Å². The molecule has 0 radical (unpaired) electrons. The van der Waals surface area contributed by atoms with Gasteiger partial charge in [0.15, 0.2) is 0 Å². The molecule has 0 spiro atoms. The fourth-order valence-corrected chi connectivity index (χ4v) is 1.74. The summed E-state index contributed by atoms with van der Waals surface area (Å²) in [7, 11) is 0. The predicted molar refractivity (Wildman–Crippen MR) is 80.2 cm³/mol. The quantitative estimate of drug-likeness (QED) is 0.774. The molecule has 0 saturated carbocycles. The maximum Gasteiger partial charge on any atom is 0.412 e. The molecule has 0 bridgehead atoms. The van der Waals surface area contributed by atoms with Gasteiger partial charge in [-0.3, -0.25) is 10.1 Å². The Morgan fingerprint density at radius 3 is 2.33 bits per heavy atom. The zero-order chi connectivity index (χ0) is 16.0. The summed E-state index contributed by atoms with van der Waals surface area (Å²) in [6.07, 6.45) is -0.116. The molecule has 1 aromatic carbocycles. The molecule has 0 unspecified atom stereocenters. The number of carbonyl (C=O) groups excluding carboxylic acids is 1. The first-order valence-electron chi connectivity index (χ1n) is 6.72. The SMILES string of the molecule is CC(C)(C)OC(=O)Nc1ccc(C[C@@H](N)CC(=O)O)cc1. The van der Waals surface area contributed by atoms with E-state index in [2.05, 4.69) is 5.32 Å². The van der Waals surface area contributed by atoms with Crippen molar-refractivity contribution >= 4 is 17.7 Å². The highest BCUT2D eigenvalue weighted by molar-refractivity contribution is 5.84. The molecule has 0 aliphatic heterocycles. The molecule has 0 fully saturated rings. The van der Waals surface area contributed by atoms with Crippen LogP contribution >= 0.6 is 0 Å². The lowest BCUT2D eigenvalue weighted by atomic mass is 10.0. The Morgan fingerprint density at radius 2 is 1.86 bits per heavy atom. The van der Waals surface area contributed by atoms with Crippen LogP contribution in [0.2, 0.25) is 0 Å². The third-order valence-corrected chi connectivity index (χ3v) is 2.53. The lowest BCUT2D eigenvalue weighted by molar-refractivity contribution is -0.137. The topological polar surface area (TPSA) is 102 Å². The van der Waals surface area contributed by atoms with Crippen molar-refractivity contribution in [1.82, 2.24) is 0 Å². The molecule has 0 heterocycles. The fraction of sp³-hybridized carbons (Fsp3) is 0.467. The molecule has 6 heteroatoms. The van der Waals surface area contributed by atoms with Crippen molar-refractivity contribution in [3.8, 4) is 0 Å². The number of rotatable bonds is 5. The third-order valence-electron chi connectivity index (χ3n) is 2.53. The second-order valence-corrected chi connectivity index (χ2v) is 5.89. The van der Waals surface area contributed by atoms with Crippen molar-refractivity contribution in [3.63, 3.8) is 0 Å². The molecule has 1 amide bonds. The number of aliphatic carboxylic acids is 1.